The molecule has 1 aliphatic heterocycles. The van der Waals surface area contributed by atoms with Crippen molar-refractivity contribution >= 4 is 41.3 Å². The molecule has 0 saturated carbocycles. The lowest BCUT2D eigenvalue weighted by atomic mass is 9.90. The highest BCUT2D eigenvalue weighted by molar-refractivity contribution is 7.13. The molecule has 18 heavy (non-hydrogen) atoms. The summed E-state index contributed by atoms with van der Waals surface area (Å²) in [4.78, 5) is 12.8. The summed E-state index contributed by atoms with van der Waals surface area (Å²) in [5, 5.41) is 8.91. The minimum absolute atomic E-state index is 0. The van der Waals surface area contributed by atoms with Crippen molar-refractivity contribution in [3.63, 3.8) is 0 Å². The highest BCUT2D eigenvalue weighted by Gasteiger charge is 2.29. The van der Waals surface area contributed by atoms with Gasteiger partial charge in [0.15, 0.2) is 0 Å². The van der Waals surface area contributed by atoms with Gasteiger partial charge in [-0.25, -0.2) is 0 Å². The van der Waals surface area contributed by atoms with E-state index in [0.29, 0.717) is 9.90 Å². The number of halogens is 2. The fraction of sp³-hybridized carbons (Fsp3) is 0.583. The van der Waals surface area contributed by atoms with Crippen molar-refractivity contribution in [1.82, 2.24) is 10.6 Å². The molecule has 0 atom stereocenters. The predicted molar refractivity (Wildman–Crippen MR) is 79.3 cm³/mol. The van der Waals surface area contributed by atoms with Crippen molar-refractivity contribution in [2.45, 2.75) is 32.2 Å². The second-order valence-corrected chi connectivity index (χ2v) is 6.08. The van der Waals surface area contributed by atoms with Crippen molar-refractivity contribution in [2.75, 3.05) is 13.1 Å². The lowest BCUT2D eigenvalue weighted by Gasteiger charge is -2.34. The second-order valence-electron chi connectivity index (χ2n) is 4.83. The van der Waals surface area contributed by atoms with Crippen LogP contribution in [0.25, 0.3) is 0 Å². The molecule has 0 unspecified atom stereocenters. The normalized spacial score (nSPS) is 17.9. The van der Waals surface area contributed by atoms with E-state index in [2.05, 4.69) is 17.6 Å². The number of nitrogens with one attached hydrogen (secondary N) is 2. The van der Waals surface area contributed by atoms with Crippen LogP contribution in [0.2, 0.25) is 5.02 Å². The first-order valence-electron chi connectivity index (χ1n) is 5.79. The summed E-state index contributed by atoms with van der Waals surface area (Å²) in [6.07, 6.45) is 1.92. The maximum Gasteiger partial charge on any atom is 0.263 e. The Morgan fingerprint density at radius 2 is 2.11 bits per heavy atom. The fourth-order valence-electron chi connectivity index (χ4n) is 2.02. The topological polar surface area (TPSA) is 41.1 Å². The Labute approximate surface area is 123 Å². The Morgan fingerprint density at radius 1 is 1.50 bits per heavy atom. The summed E-state index contributed by atoms with van der Waals surface area (Å²) in [6.45, 7) is 5.92. The van der Waals surface area contributed by atoms with Gasteiger partial charge in [-0.05, 0) is 50.7 Å². The molecule has 2 heterocycles. The van der Waals surface area contributed by atoms with Gasteiger partial charge in [-0.1, -0.05) is 11.6 Å². The van der Waals surface area contributed by atoms with Crippen LogP contribution in [0.3, 0.4) is 0 Å². The molecule has 1 aliphatic rings. The van der Waals surface area contributed by atoms with Gasteiger partial charge in [0, 0.05) is 5.54 Å². The first-order chi connectivity index (χ1) is 8.02. The Hall–Kier alpha value is -0.290. The molecule has 102 valence electrons. The van der Waals surface area contributed by atoms with Crippen LogP contribution in [-0.2, 0) is 0 Å². The molecule has 0 aliphatic carbocycles. The smallest absolute Gasteiger partial charge is 0.263 e. The summed E-state index contributed by atoms with van der Waals surface area (Å²) < 4.78 is 0. The standard InChI is InChI=1S/C12H17ClN2OS.ClH/c1-8-7-17-10(9(8)13)11(16)15-12(2)3-5-14-6-4-12;/h7,14H,3-6H2,1-2H3,(H,15,16);1H. The molecule has 0 aromatic carbocycles. The van der Waals surface area contributed by atoms with Crippen molar-refractivity contribution in [3.05, 3.63) is 20.8 Å². The summed E-state index contributed by atoms with van der Waals surface area (Å²) in [7, 11) is 0. The van der Waals surface area contributed by atoms with Crippen LogP contribution >= 0.6 is 35.3 Å². The summed E-state index contributed by atoms with van der Waals surface area (Å²) in [6, 6.07) is 0. The summed E-state index contributed by atoms with van der Waals surface area (Å²) in [5.41, 5.74) is 0.862. The van der Waals surface area contributed by atoms with Crippen molar-refractivity contribution < 1.29 is 4.79 Å². The SMILES string of the molecule is Cc1csc(C(=O)NC2(C)CCNCC2)c1Cl.Cl. The molecule has 1 aromatic heterocycles. The van der Waals surface area contributed by atoms with Gasteiger partial charge in [-0.3, -0.25) is 4.79 Å². The molecule has 2 rings (SSSR count). The van der Waals surface area contributed by atoms with Gasteiger partial charge >= 0.3 is 0 Å². The molecule has 1 fully saturated rings. The Bertz CT molecular complexity index is 428. The molecule has 3 nitrogen and oxygen atoms in total. The molecule has 1 saturated heterocycles. The lowest BCUT2D eigenvalue weighted by molar-refractivity contribution is 0.0892. The molecule has 6 heteroatoms. The quantitative estimate of drug-likeness (QED) is 0.882. The van der Waals surface area contributed by atoms with Gasteiger partial charge in [0.1, 0.15) is 4.88 Å². The number of hydrogen-bond acceptors (Lipinski definition) is 3. The van der Waals surface area contributed by atoms with E-state index in [1.54, 1.807) is 0 Å². The highest BCUT2D eigenvalue weighted by Crippen LogP contribution is 2.28. The summed E-state index contributed by atoms with van der Waals surface area (Å²) >= 11 is 7.52. The van der Waals surface area contributed by atoms with E-state index in [1.165, 1.54) is 11.3 Å². The van der Waals surface area contributed by atoms with E-state index >= 15 is 0 Å². The summed E-state index contributed by atoms with van der Waals surface area (Å²) in [5.74, 6) is -0.0440. The van der Waals surface area contributed by atoms with Crippen LogP contribution in [0.5, 0.6) is 0 Å². The Kier molecular flexibility index (Phi) is 5.46. The van der Waals surface area contributed by atoms with Crippen LogP contribution in [0.15, 0.2) is 5.38 Å². The van der Waals surface area contributed by atoms with Gasteiger partial charge in [0.05, 0.1) is 5.02 Å². The van der Waals surface area contributed by atoms with Gasteiger partial charge < -0.3 is 10.6 Å². The number of piperidine rings is 1. The third kappa shape index (κ3) is 3.38. The fourth-order valence-corrected chi connectivity index (χ4v) is 3.19. The average Bonchev–Trinajstić information content (AvgIpc) is 2.60. The number of aryl methyl sites for hydroxylation is 1. The van der Waals surface area contributed by atoms with Crippen molar-refractivity contribution in [2.24, 2.45) is 0 Å². The molecule has 1 aromatic rings. The van der Waals surface area contributed by atoms with E-state index in [0.717, 1.165) is 31.5 Å². The third-order valence-electron chi connectivity index (χ3n) is 3.23. The molecular formula is C12H18Cl2N2OS. The lowest BCUT2D eigenvalue weighted by Crippen LogP contribution is -2.52. The first-order valence-corrected chi connectivity index (χ1v) is 7.04. The third-order valence-corrected chi connectivity index (χ3v) is 4.92. The molecule has 0 radical (unpaired) electrons. The second kappa shape index (κ2) is 6.24. The Balaban J connectivity index is 0.00000162. The molecular weight excluding hydrogens is 291 g/mol. The van der Waals surface area contributed by atoms with Crippen LogP contribution in [0, 0.1) is 6.92 Å². The van der Waals surface area contributed by atoms with Gasteiger partial charge in [-0.15, -0.1) is 23.7 Å². The number of amides is 1. The minimum atomic E-state index is -0.108. The highest BCUT2D eigenvalue weighted by atomic mass is 35.5. The van der Waals surface area contributed by atoms with E-state index in [1.807, 2.05) is 12.3 Å². The zero-order chi connectivity index (χ0) is 12.5. The van der Waals surface area contributed by atoms with E-state index in [-0.39, 0.29) is 23.9 Å². The zero-order valence-electron chi connectivity index (χ0n) is 10.5. The monoisotopic (exact) mass is 308 g/mol. The number of rotatable bonds is 2. The Morgan fingerprint density at radius 3 is 2.61 bits per heavy atom. The van der Waals surface area contributed by atoms with Crippen LogP contribution in [0.1, 0.15) is 35.0 Å². The minimum Gasteiger partial charge on any atom is -0.346 e. The molecule has 2 N–H and O–H groups in total. The zero-order valence-corrected chi connectivity index (χ0v) is 12.9. The number of carbonyl (C=O) groups excluding carboxylic acids is 1. The van der Waals surface area contributed by atoms with Gasteiger partial charge in [0.2, 0.25) is 0 Å². The first kappa shape index (κ1) is 15.8. The number of hydrogen-bond donors (Lipinski definition) is 2. The number of carbonyl (C=O) groups is 1. The maximum absolute atomic E-state index is 12.1. The van der Waals surface area contributed by atoms with Crippen molar-refractivity contribution in [3.8, 4) is 0 Å². The molecule has 0 spiro atoms. The maximum atomic E-state index is 12.1. The van der Waals surface area contributed by atoms with Gasteiger partial charge in [-0.2, -0.15) is 0 Å². The van der Waals surface area contributed by atoms with Crippen LogP contribution < -0.4 is 10.6 Å². The largest absolute Gasteiger partial charge is 0.346 e. The van der Waals surface area contributed by atoms with E-state index in [9.17, 15) is 4.79 Å². The van der Waals surface area contributed by atoms with Crippen molar-refractivity contribution in [1.29, 1.82) is 0 Å². The molecule has 0 bridgehead atoms. The number of thiophene rings is 1. The molecule has 1 amide bonds. The average molecular weight is 309 g/mol. The predicted octanol–water partition coefficient (Wildman–Crippen LogP) is 3.00. The van der Waals surface area contributed by atoms with E-state index < -0.39 is 0 Å². The van der Waals surface area contributed by atoms with Gasteiger partial charge in [0.25, 0.3) is 5.91 Å². The van der Waals surface area contributed by atoms with Crippen LogP contribution in [-0.4, -0.2) is 24.5 Å². The van der Waals surface area contributed by atoms with E-state index in [4.69, 9.17) is 11.6 Å². The van der Waals surface area contributed by atoms with Crippen LogP contribution in [0.4, 0.5) is 0 Å².